The van der Waals surface area contributed by atoms with Gasteiger partial charge in [-0.2, -0.15) is 0 Å². The quantitative estimate of drug-likeness (QED) is 0.586. The van der Waals surface area contributed by atoms with Gasteiger partial charge in [-0.05, 0) is 20.3 Å². The number of esters is 1. The molecule has 0 aromatic carbocycles. The van der Waals surface area contributed by atoms with Crippen LogP contribution in [0.3, 0.4) is 0 Å². The normalized spacial score (nSPS) is 14.6. The third-order valence-corrected chi connectivity index (χ3v) is 3.32. The Hall–Kier alpha value is -0.650. The highest BCUT2D eigenvalue weighted by atomic mass is 16.5. The lowest BCUT2D eigenvalue weighted by atomic mass is 10.1. The van der Waals surface area contributed by atoms with Gasteiger partial charge in [-0.25, -0.2) is 0 Å². The molecule has 0 aromatic rings. The molecule has 0 saturated carbocycles. The fourth-order valence-corrected chi connectivity index (χ4v) is 2.03. The van der Waals surface area contributed by atoms with Crippen molar-refractivity contribution in [1.29, 1.82) is 0 Å². The van der Waals surface area contributed by atoms with Crippen molar-refractivity contribution < 1.29 is 14.3 Å². The van der Waals surface area contributed by atoms with Crippen LogP contribution in [-0.2, 0) is 14.3 Å². The topological polar surface area (TPSA) is 50.8 Å². The minimum absolute atomic E-state index is 0.174. The summed E-state index contributed by atoms with van der Waals surface area (Å²) in [5.41, 5.74) is 0. The minimum atomic E-state index is -0.291. The minimum Gasteiger partial charge on any atom is -0.465 e. The maximum absolute atomic E-state index is 12.1. The molecule has 0 bridgehead atoms. The second kappa shape index (κ2) is 11.1. The number of methoxy groups -OCH3 is 1. The van der Waals surface area contributed by atoms with Crippen LogP contribution >= 0.6 is 0 Å². The van der Waals surface area contributed by atoms with E-state index in [2.05, 4.69) is 24.1 Å². The summed E-state index contributed by atoms with van der Waals surface area (Å²) in [7, 11) is 1.70. The molecule has 0 radical (unpaired) electrons. The van der Waals surface area contributed by atoms with E-state index in [1.54, 1.807) is 7.11 Å². The lowest BCUT2D eigenvalue weighted by Crippen LogP contribution is -2.51. The maximum atomic E-state index is 12.1. The molecule has 0 spiro atoms. The first kappa shape index (κ1) is 19.4. The standard InChI is InChI=1S/C15H32N2O3/c1-7-13(5)17(9-10-19-6)11-14(16-12(3)4)15(18)20-8-2/h12-14,16H,7-11H2,1-6H3. The Morgan fingerprint density at radius 3 is 2.35 bits per heavy atom. The number of rotatable bonds is 11. The van der Waals surface area contributed by atoms with Crippen LogP contribution in [0.25, 0.3) is 0 Å². The number of carbonyl (C=O) groups is 1. The highest BCUT2D eigenvalue weighted by Gasteiger charge is 2.25. The fraction of sp³-hybridized carbons (Fsp3) is 0.933. The SMILES string of the molecule is CCOC(=O)C(CN(CCOC)C(C)CC)NC(C)C. The first-order valence-electron chi connectivity index (χ1n) is 7.61. The van der Waals surface area contributed by atoms with E-state index in [0.717, 1.165) is 13.0 Å². The molecule has 20 heavy (non-hydrogen) atoms. The average Bonchev–Trinajstić information content (AvgIpc) is 2.41. The van der Waals surface area contributed by atoms with Gasteiger partial charge >= 0.3 is 5.97 Å². The van der Waals surface area contributed by atoms with E-state index < -0.39 is 0 Å². The molecule has 5 nitrogen and oxygen atoms in total. The Kier molecular flexibility index (Phi) is 10.7. The Labute approximate surface area is 124 Å². The summed E-state index contributed by atoms with van der Waals surface area (Å²) in [4.78, 5) is 14.3. The number of nitrogens with zero attached hydrogens (tertiary/aromatic N) is 1. The highest BCUT2D eigenvalue weighted by Crippen LogP contribution is 2.06. The predicted molar refractivity (Wildman–Crippen MR) is 81.9 cm³/mol. The van der Waals surface area contributed by atoms with E-state index in [9.17, 15) is 4.79 Å². The lowest BCUT2D eigenvalue weighted by molar-refractivity contribution is -0.146. The van der Waals surface area contributed by atoms with Crippen LogP contribution in [0.2, 0.25) is 0 Å². The van der Waals surface area contributed by atoms with Gasteiger partial charge in [-0.3, -0.25) is 9.69 Å². The third kappa shape index (κ3) is 7.82. The molecular formula is C15H32N2O3. The van der Waals surface area contributed by atoms with Gasteiger partial charge in [-0.1, -0.05) is 20.8 Å². The second-order valence-corrected chi connectivity index (χ2v) is 5.37. The molecule has 2 atom stereocenters. The van der Waals surface area contributed by atoms with Crippen LogP contribution in [0.15, 0.2) is 0 Å². The highest BCUT2D eigenvalue weighted by molar-refractivity contribution is 5.76. The van der Waals surface area contributed by atoms with E-state index in [0.29, 0.717) is 25.8 Å². The number of nitrogens with one attached hydrogen (secondary N) is 1. The Bertz CT molecular complexity index is 260. The summed E-state index contributed by atoms with van der Waals surface area (Å²) in [5.74, 6) is -0.174. The monoisotopic (exact) mass is 288 g/mol. The summed E-state index contributed by atoms with van der Waals surface area (Å²) in [6.07, 6.45) is 1.04. The molecule has 120 valence electrons. The van der Waals surface area contributed by atoms with Gasteiger partial charge in [0.15, 0.2) is 0 Å². The van der Waals surface area contributed by atoms with Crippen molar-refractivity contribution in [2.45, 2.75) is 59.2 Å². The molecule has 1 N–H and O–H groups in total. The molecule has 0 fully saturated rings. The van der Waals surface area contributed by atoms with Crippen LogP contribution in [0.1, 0.15) is 41.0 Å². The Balaban J connectivity index is 4.71. The molecule has 0 heterocycles. The summed E-state index contributed by atoms with van der Waals surface area (Å²) in [6.45, 7) is 12.8. The van der Waals surface area contributed by atoms with Crippen LogP contribution in [0.4, 0.5) is 0 Å². The van der Waals surface area contributed by atoms with E-state index in [4.69, 9.17) is 9.47 Å². The predicted octanol–water partition coefficient (Wildman–Crippen LogP) is 1.66. The summed E-state index contributed by atoms with van der Waals surface area (Å²) >= 11 is 0. The third-order valence-electron chi connectivity index (χ3n) is 3.32. The molecule has 0 aliphatic heterocycles. The van der Waals surface area contributed by atoms with E-state index in [1.165, 1.54) is 0 Å². The van der Waals surface area contributed by atoms with Crippen molar-refractivity contribution in [3.8, 4) is 0 Å². The smallest absolute Gasteiger partial charge is 0.324 e. The molecule has 0 saturated heterocycles. The molecule has 0 aliphatic carbocycles. The van der Waals surface area contributed by atoms with Crippen LogP contribution in [0.5, 0.6) is 0 Å². The first-order valence-corrected chi connectivity index (χ1v) is 7.61. The van der Waals surface area contributed by atoms with Gasteiger partial charge in [-0.15, -0.1) is 0 Å². The molecule has 0 aliphatic rings. The van der Waals surface area contributed by atoms with Gasteiger partial charge in [0.2, 0.25) is 0 Å². The van der Waals surface area contributed by atoms with E-state index >= 15 is 0 Å². The molecule has 0 amide bonds. The average molecular weight is 288 g/mol. The molecule has 5 heteroatoms. The molecule has 0 rings (SSSR count). The van der Waals surface area contributed by atoms with Gasteiger partial charge < -0.3 is 14.8 Å². The van der Waals surface area contributed by atoms with Crippen molar-refractivity contribution in [3.63, 3.8) is 0 Å². The summed E-state index contributed by atoms with van der Waals surface area (Å²) < 4.78 is 10.3. The largest absolute Gasteiger partial charge is 0.465 e. The van der Waals surface area contributed by atoms with E-state index in [1.807, 2.05) is 20.8 Å². The van der Waals surface area contributed by atoms with Crippen molar-refractivity contribution in [2.24, 2.45) is 0 Å². The zero-order valence-electron chi connectivity index (χ0n) is 13.9. The van der Waals surface area contributed by atoms with E-state index in [-0.39, 0.29) is 18.1 Å². The molecule has 0 aromatic heterocycles. The molecule has 2 unspecified atom stereocenters. The van der Waals surface area contributed by atoms with Gasteiger partial charge in [0, 0.05) is 32.3 Å². The number of carbonyl (C=O) groups excluding carboxylic acids is 1. The number of hydrogen-bond acceptors (Lipinski definition) is 5. The van der Waals surface area contributed by atoms with Crippen molar-refractivity contribution in [1.82, 2.24) is 10.2 Å². The zero-order valence-corrected chi connectivity index (χ0v) is 13.9. The number of ether oxygens (including phenoxy) is 2. The van der Waals surface area contributed by atoms with Crippen LogP contribution in [0, 0.1) is 0 Å². The summed E-state index contributed by atoms with van der Waals surface area (Å²) in [5, 5.41) is 3.29. The summed E-state index contributed by atoms with van der Waals surface area (Å²) in [6, 6.07) is 0.363. The van der Waals surface area contributed by atoms with Crippen molar-refractivity contribution >= 4 is 5.97 Å². The maximum Gasteiger partial charge on any atom is 0.324 e. The fourth-order valence-electron chi connectivity index (χ4n) is 2.03. The van der Waals surface area contributed by atoms with Gasteiger partial charge in [0.25, 0.3) is 0 Å². The zero-order chi connectivity index (χ0) is 15.5. The second-order valence-electron chi connectivity index (χ2n) is 5.37. The van der Waals surface area contributed by atoms with Gasteiger partial charge in [0.1, 0.15) is 6.04 Å². The first-order chi connectivity index (χ1) is 9.46. The van der Waals surface area contributed by atoms with Crippen LogP contribution < -0.4 is 5.32 Å². The Morgan fingerprint density at radius 1 is 1.25 bits per heavy atom. The molecular weight excluding hydrogens is 256 g/mol. The van der Waals surface area contributed by atoms with Crippen molar-refractivity contribution in [3.05, 3.63) is 0 Å². The number of hydrogen-bond donors (Lipinski definition) is 1. The Morgan fingerprint density at radius 2 is 1.90 bits per heavy atom. The van der Waals surface area contributed by atoms with Crippen LogP contribution in [-0.4, -0.2) is 62.4 Å². The van der Waals surface area contributed by atoms with Crippen molar-refractivity contribution in [2.75, 3.05) is 33.4 Å². The lowest BCUT2D eigenvalue weighted by Gasteiger charge is -2.32. The van der Waals surface area contributed by atoms with Gasteiger partial charge in [0.05, 0.1) is 13.2 Å².